The van der Waals surface area contributed by atoms with Gasteiger partial charge < -0.3 is 10.4 Å². The van der Waals surface area contributed by atoms with E-state index in [9.17, 15) is 13.5 Å². The van der Waals surface area contributed by atoms with Crippen LogP contribution in [0.5, 0.6) is 0 Å². The number of sulfone groups is 1. The maximum Gasteiger partial charge on any atom is 0.248 e. The first kappa shape index (κ1) is 13.2. The lowest BCUT2D eigenvalue weighted by Gasteiger charge is -2.26. The molecule has 1 aliphatic rings. The molecule has 0 unspecified atom stereocenters. The second-order valence-corrected chi connectivity index (χ2v) is 6.57. The van der Waals surface area contributed by atoms with E-state index in [1.165, 1.54) is 6.20 Å². The number of nitrogens with zero attached hydrogens (tertiary/aromatic N) is 2. The van der Waals surface area contributed by atoms with E-state index < -0.39 is 9.84 Å². The monoisotopic (exact) mass is 271 g/mol. The van der Waals surface area contributed by atoms with Gasteiger partial charge in [-0.15, -0.1) is 0 Å². The van der Waals surface area contributed by atoms with E-state index >= 15 is 0 Å². The second kappa shape index (κ2) is 5.19. The Morgan fingerprint density at radius 2 is 2.22 bits per heavy atom. The smallest absolute Gasteiger partial charge is 0.248 e. The zero-order chi connectivity index (χ0) is 13.2. The predicted octanol–water partition coefficient (Wildman–Crippen LogP) is 0.595. The van der Waals surface area contributed by atoms with Crippen molar-refractivity contribution >= 4 is 15.7 Å². The molecule has 2 atom stereocenters. The summed E-state index contributed by atoms with van der Waals surface area (Å²) in [6, 6.07) is 1.77. The summed E-state index contributed by atoms with van der Waals surface area (Å²) in [4.78, 5) is 7.70. The first-order valence-corrected chi connectivity index (χ1v) is 7.82. The van der Waals surface area contributed by atoms with Crippen LogP contribution in [0.15, 0.2) is 17.4 Å². The van der Waals surface area contributed by atoms with Crippen molar-refractivity contribution in [2.24, 2.45) is 0 Å². The molecular formula is C11H17N3O3S. The normalized spacial score (nSPS) is 24.8. The molecule has 2 N–H and O–H groups in total. The van der Waals surface area contributed by atoms with Crippen molar-refractivity contribution in [3.8, 4) is 0 Å². The van der Waals surface area contributed by atoms with Crippen molar-refractivity contribution in [2.75, 3.05) is 11.6 Å². The van der Waals surface area contributed by atoms with Gasteiger partial charge in [0.25, 0.3) is 0 Å². The minimum absolute atomic E-state index is 0.135. The van der Waals surface area contributed by atoms with Gasteiger partial charge >= 0.3 is 0 Å². The highest BCUT2D eigenvalue weighted by Gasteiger charge is 2.20. The summed E-state index contributed by atoms with van der Waals surface area (Å²) in [5, 5.41) is 12.5. The molecule has 0 saturated heterocycles. The van der Waals surface area contributed by atoms with Crippen LogP contribution >= 0.6 is 0 Å². The molecule has 1 heterocycles. The van der Waals surface area contributed by atoms with E-state index in [0.29, 0.717) is 12.2 Å². The standard InChI is InChI=1S/C11H17N3O3S/c1-18(16,17)11-12-6-5-10(14-11)13-8-3-2-4-9(15)7-8/h5-6,8-9,15H,2-4,7H2,1H3,(H,12,13,14)/t8-,9+/m1/s1. The van der Waals surface area contributed by atoms with E-state index in [1.54, 1.807) is 6.07 Å². The lowest BCUT2D eigenvalue weighted by atomic mass is 9.93. The molecule has 1 fully saturated rings. The predicted molar refractivity (Wildman–Crippen MR) is 67.0 cm³/mol. The lowest BCUT2D eigenvalue weighted by molar-refractivity contribution is 0.124. The van der Waals surface area contributed by atoms with Crippen molar-refractivity contribution in [1.29, 1.82) is 0 Å². The van der Waals surface area contributed by atoms with Crippen molar-refractivity contribution in [1.82, 2.24) is 9.97 Å². The van der Waals surface area contributed by atoms with Crippen LogP contribution in [0.25, 0.3) is 0 Å². The Kier molecular flexibility index (Phi) is 3.82. The quantitative estimate of drug-likeness (QED) is 0.782. The van der Waals surface area contributed by atoms with Gasteiger partial charge in [-0.2, -0.15) is 0 Å². The molecule has 1 aromatic heterocycles. The SMILES string of the molecule is CS(=O)(=O)c1nccc(N[C@@H]2CCC[C@H](O)C2)n1. The Morgan fingerprint density at radius 1 is 1.44 bits per heavy atom. The minimum atomic E-state index is -3.39. The highest BCUT2D eigenvalue weighted by Crippen LogP contribution is 2.21. The average Bonchev–Trinajstić information content (AvgIpc) is 2.28. The van der Waals surface area contributed by atoms with E-state index in [-0.39, 0.29) is 17.3 Å². The highest BCUT2D eigenvalue weighted by molar-refractivity contribution is 7.90. The fraction of sp³-hybridized carbons (Fsp3) is 0.636. The Hall–Kier alpha value is -1.21. The number of anilines is 1. The van der Waals surface area contributed by atoms with Gasteiger partial charge in [0.2, 0.25) is 15.0 Å². The van der Waals surface area contributed by atoms with Gasteiger partial charge in [0.05, 0.1) is 6.10 Å². The molecule has 0 radical (unpaired) electrons. The molecule has 0 aromatic carbocycles. The molecule has 0 bridgehead atoms. The molecule has 0 amide bonds. The third-order valence-corrected chi connectivity index (χ3v) is 3.82. The van der Waals surface area contributed by atoms with E-state index in [4.69, 9.17) is 0 Å². The Morgan fingerprint density at radius 3 is 2.89 bits per heavy atom. The van der Waals surface area contributed by atoms with Gasteiger partial charge in [0.15, 0.2) is 0 Å². The highest BCUT2D eigenvalue weighted by atomic mass is 32.2. The van der Waals surface area contributed by atoms with E-state index in [1.807, 2.05) is 0 Å². The number of rotatable bonds is 3. The Bertz CT molecular complexity index is 518. The molecule has 0 spiro atoms. The molecule has 2 rings (SSSR count). The van der Waals surface area contributed by atoms with Crippen molar-refractivity contribution in [3.63, 3.8) is 0 Å². The summed E-state index contributed by atoms with van der Waals surface area (Å²) >= 11 is 0. The van der Waals surface area contributed by atoms with Gasteiger partial charge in [0.1, 0.15) is 5.82 Å². The van der Waals surface area contributed by atoms with Crippen molar-refractivity contribution in [2.45, 2.75) is 43.0 Å². The first-order valence-electron chi connectivity index (χ1n) is 5.93. The van der Waals surface area contributed by atoms with Crippen LogP contribution in [0.3, 0.4) is 0 Å². The number of hydrogen-bond donors (Lipinski definition) is 2. The van der Waals surface area contributed by atoms with Gasteiger partial charge in [-0.25, -0.2) is 18.4 Å². The molecule has 1 aromatic rings. The van der Waals surface area contributed by atoms with Gasteiger partial charge in [0, 0.05) is 18.5 Å². The Balaban J connectivity index is 2.10. The largest absolute Gasteiger partial charge is 0.393 e. The second-order valence-electron chi connectivity index (χ2n) is 4.66. The molecular weight excluding hydrogens is 254 g/mol. The summed E-state index contributed by atoms with van der Waals surface area (Å²) in [6.45, 7) is 0. The molecule has 100 valence electrons. The lowest BCUT2D eigenvalue weighted by Crippen LogP contribution is -2.30. The van der Waals surface area contributed by atoms with Crippen LogP contribution < -0.4 is 5.32 Å². The molecule has 1 saturated carbocycles. The first-order chi connectivity index (χ1) is 8.45. The third-order valence-electron chi connectivity index (χ3n) is 2.96. The Labute approximate surface area is 106 Å². The van der Waals surface area contributed by atoms with Crippen LogP contribution in [0.2, 0.25) is 0 Å². The zero-order valence-corrected chi connectivity index (χ0v) is 11.0. The number of aromatic nitrogens is 2. The van der Waals surface area contributed by atoms with E-state index in [0.717, 1.165) is 25.5 Å². The third kappa shape index (κ3) is 3.39. The molecule has 0 aliphatic heterocycles. The average molecular weight is 271 g/mol. The maximum absolute atomic E-state index is 11.3. The fourth-order valence-electron chi connectivity index (χ4n) is 2.10. The van der Waals surface area contributed by atoms with Crippen LogP contribution in [0.4, 0.5) is 5.82 Å². The van der Waals surface area contributed by atoms with Crippen molar-refractivity contribution in [3.05, 3.63) is 12.3 Å². The summed E-state index contributed by atoms with van der Waals surface area (Å²) < 4.78 is 22.7. The van der Waals surface area contributed by atoms with Crippen LogP contribution in [0.1, 0.15) is 25.7 Å². The van der Waals surface area contributed by atoms with Gasteiger partial charge in [-0.05, 0) is 31.7 Å². The summed E-state index contributed by atoms with van der Waals surface area (Å²) in [5.41, 5.74) is 0. The summed E-state index contributed by atoms with van der Waals surface area (Å²) in [7, 11) is -3.39. The summed E-state index contributed by atoms with van der Waals surface area (Å²) in [6.07, 6.45) is 5.63. The number of hydrogen-bond acceptors (Lipinski definition) is 6. The maximum atomic E-state index is 11.3. The zero-order valence-electron chi connectivity index (χ0n) is 10.2. The fourth-order valence-corrected chi connectivity index (χ4v) is 2.62. The van der Waals surface area contributed by atoms with Crippen LogP contribution in [-0.2, 0) is 9.84 Å². The molecule has 1 aliphatic carbocycles. The van der Waals surface area contributed by atoms with Crippen LogP contribution in [-0.4, -0.2) is 41.9 Å². The number of aliphatic hydroxyl groups is 1. The molecule has 7 heteroatoms. The minimum Gasteiger partial charge on any atom is -0.393 e. The topological polar surface area (TPSA) is 92.2 Å². The summed E-state index contributed by atoms with van der Waals surface area (Å²) in [5.74, 6) is 0.490. The molecule has 6 nitrogen and oxygen atoms in total. The molecule has 18 heavy (non-hydrogen) atoms. The van der Waals surface area contributed by atoms with Crippen LogP contribution in [0, 0.1) is 0 Å². The number of nitrogens with one attached hydrogen (secondary N) is 1. The van der Waals surface area contributed by atoms with Gasteiger partial charge in [-0.1, -0.05) is 0 Å². The van der Waals surface area contributed by atoms with Crippen molar-refractivity contribution < 1.29 is 13.5 Å². The number of aliphatic hydroxyl groups excluding tert-OH is 1. The van der Waals surface area contributed by atoms with E-state index in [2.05, 4.69) is 15.3 Å². The van der Waals surface area contributed by atoms with Gasteiger partial charge in [-0.3, -0.25) is 0 Å².